The third-order valence-corrected chi connectivity index (χ3v) is 4.64. The van der Waals surface area contributed by atoms with Crippen LogP contribution in [0.3, 0.4) is 0 Å². The van der Waals surface area contributed by atoms with Crippen molar-refractivity contribution in [1.29, 1.82) is 0 Å². The maximum absolute atomic E-state index is 12.5. The molecule has 0 unspecified atom stereocenters. The molecule has 158 valence electrons. The van der Waals surface area contributed by atoms with E-state index < -0.39 is 12.1 Å². The number of nitrogens with one attached hydrogen (secondary N) is 1. The van der Waals surface area contributed by atoms with Crippen LogP contribution in [0.15, 0.2) is 66.7 Å². The van der Waals surface area contributed by atoms with Gasteiger partial charge in [0.05, 0.1) is 7.11 Å². The molecule has 0 radical (unpaired) electrons. The first-order chi connectivity index (χ1) is 14.9. The van der Waals surface area contributed by atoms with Crippen LogP contribution in [0.4, 0.5) is 5.69 Å². The first-order valence-corrected chi connectivity index (χ1v) is 9.74. The van der Waals surface area contributed by atoms with Crippen LogP contribution in [0.25, 0.3) is 16.8 Å². The predicted octanol–water partition coefficient (Wildman–Crippen LogP) is 4.63. The van der Waals surface area contributed by atoms with Crippen LogP contribution in [-0.4, -0.2) is 30.9 Å². The van der Waals surface area contributed by atoms with Crippen LogP contribution in [0.5, 0.6) is 5.75 Å². The average Bonchev–Trinajstić information content (AvgIpc) is 2.76. The van der Waals surface area contributed by atoms with Gasteiger partial charge in [-0.15, -0.1) is 0 Å². The van der Waals surface area contributed by atoms with Crippen LogP contribution in [0.2, 0.25) is 0 Å². The number of hydrogen-bond acceptors (Lipinski definition) is 5. The molecular weight excluding hydrogens is 394 g/mol. The molecule has 1 amide bonds. The van der Waals surface area contributed by atoms with Crippen molar-refractivity contribution in [2.45, 2.75) is 20.0 Å². The van der Waals surface area contributed by atoms with Crippen molar-refractivity contribution in [3.05, 3.63) is 77.9 Å². The second-order valence-electron chi connectivity index (χ2n) is 7.01. The summed E-state index contributed by atoms with van der Waals surface area (Å²) in [5.74, 6) is -0.344. The number of anilines is 1. The Labute approximate surface area is 180 Å². The highest BCUT2D eigenvalue weighted by Crippen LogP contribution is 2.22. The summed E-state index contributed by atoms with van der Waals surface area (Å²) in [5, 5.41) is 4.68. The Bertz CT molecular complexity index is 1150. The van der Waals surface area contributed by atoms with E-state index in [0.717, 1.165) is 22.1 Å². The lowest BCUT2D eigenvalue weighted by molar-refractivity contribution is -0.140. The molecule has 0 fully saturated rings. The lowest BCUT2D eigenvalue weighted by Gasteiger charge is -2.11. The summed E-state index contributed by atoms with van der Waals surface area (Å²) in [7, 11) is 1.62. The van der Waals surface area contributed by atoms with Gasteiger partial charge < -0.3 is 14.8 Å². The standard InChI is InChI=1S/C25H23NO5/c1-16(25(29)19-7-10-22(11-8-19)26-17(2)27)31-24(28)13-5-18-4-6-21-15-23(30-3)12-9-20(21)14-18/h4-16H,1-3H3,(H,26,27)/b13-5+/t16-/m0/s1. The summed E-state index contributed by atoms with van der Waals surface area (Å²) in [6, 6.07) is 17.9. The normalized spacial score (nSPS) is 11.8. The molecular formula is C25H23NO5. The number of amides is 1. The molecule has 0 saturated carbocycles. The van der Waals surface area contributed by atoms with E-state index in [1.54, 1.807) is 37.5 Å². The Balaban J connectivity index is 1.61. The van der Waals surface area contributed by atoms with E-state index in [-0.39, 0.29) is 11.7 Å². The van der Waals surface area contributed by atoms with Gasteiger partial charge in [-0.05, 0) is 71.8 Å². The molecule has 0 aliphatic carbocycles. The smallest absolute Gasteiger partial charge is 0.331 e. The second kappa shape index (κ2) is 9.71. The molecule has 3 aromatic rings. The van der Waals surface area contributed by atoms with E-state index in [2.05, 4.69) is 5.32 Å². The van der Waals surface area contributed by atoms with Crippen LogP contribution >= 0.6 is 0 Å². The van der Waals surface area contributed by atoms with Crippen LogP contribution in [-0.2, 0) is 14.3 Å². The van der Waals surface area contributed by atoms with Crippen molar-refractivity contribution < 1.29 is 23.9 Å². The highest BCUT2D eigenvalue weighted by molar-refractivity contribution is 6.01. The largest absolute Gasteiger partial charge is 0.497 e. The molecule has 0 heterocycles. The molecule has 1 N–H and O–H groups in total. The summed E-state index contributed by atoms with van der Waals surface area (Å²) in [4.78, 5) is 35.7. The number of Topliss-reactive ketones (excluding diaryl/α,β-unsaturated/α-hetero) is 1. The molecule has 0 aromatic heterocycles. The second-order valence-corrected chi connectivity index (χ2v) is 7.01. The molecule has 0 saturated heterocycles. The molecule has 3 rings (SSSR count). The third-order valence-electron chi connectivity index (χ3n) is 4.64. The summed E-state index contributed by atoms with van der Waals surface area (Å²) in [6.07, 6.45) is 2.01. The number of fused-ring (bicyclic) bond motifs is 1. The number of hydrogen-bond donors (Lipinski definition) is 1. The first kappa shape index (κ1) is 21.8. The molecule has 0 spiro atoms. The van der Waals surface area contributed by atoms with Gasteiger partial charge in [0.2, 0.25) is 11.7 Å². The number of ketones is 1. The molecule has 0 aliphatic heterocycles. The van der Waals surface area contributed by atoms with E-state index >= 15 is 0 Å². The third kappa shape index (κ3) is 5.79. The summed E-state index contributed by atoms with van der Waals surface area (Å²) in [5.41, 5.74) is 1.82. The van der Waals surface area contributed by atoms with Gasteiger partial charge >= 0.3 is 5.97 Å². The quantitative estimate of drug-likeness (QED) is 0.344. The SMILES string of the molecule is COc1ccc2cc(/C=C/C(=O)O[C@@H](C)C(=O)c3ccc(NC(C)=O)cc3)ccc2c1. The van der Waals surface area contributed by atoms with Crippen molar-refractivity contribution in [3.8, 4) is 5.75 Å². The van der Waals surface area contributed by atoms with Gasteiger partial charge in [-0.1, -0.05) is 18.2 Å². The van der Waals surface area contributed by atoms with Crippen LogP contribution in [0.1, 0.15) is 29.8 Å². The minimum Gasteiger partial charge on any atom is -0.497 e. The Morgan fingerprint density at radius 2 is 1.61 bits per heavy atom. The first-order valence-electron chi connectivity index (χ1n) is 9.74. The Morgan fingerprint density at radius 3 is 2.29 bits per heavy atom. The maximum atomic E-state index is 12.5. The fourth-order valence-electron chi connectivity index (χ4n) is 3.06. The van der Waals surface area contributed by atoms with Gasteiger partial charge in [0.25, 0.3) is 0 Å². The lowest BCUT2D eigenvalue weighted by Crippen LogP contribution is -2.23. The minimum absolute atomic E-state index is 0.195. The Kier molecular flexibility index (Phi) is 6.82. The van der Waals surface area contributed by atoms with E-state index in [9.17, 15) is 14.4 Å². The minimum atomic E-state index is -0.937. The molecule has 6 nitrogen and oxygen atoms in total. The average molecular weight is 417 g/mol. The van der Waals surface area contributed by atoms with E-state index in [1.807, 2.05) is 36.4 Å². The van der Waals surface area contributed by atoms with Gasteiger partial charge in [0.15, 0.2) is 6.10 Å². The van der Waals surface area contributed by atoms with Gasteiger partial charge in [-0.2, -0.15) is 0 Å². The fourth-order valence-corrected chi connectivity index (χ4v) is 3.06. The monoisotopic (exact) mass is 417 g/mol. The number of esters is 1. The van der Waals surface area contributed by atoms with Crippen molar-refractivity contribution in [1.82, 2.24) is 0 Å². The van der Waals surface area contributed by atoms with Crippen LogP contribution in [0, 0.1) is 0 Å². The van der Waals surface area contributed by atoms with Crippen LogP contribution < -0.4 is 10.1 Å². The Morgan fingerprint density at radius 1 is 0.935 bits per heavy atom. The van der Waals surface area contributed by atoms with Crippen molar-refractivity contribution in [2.75, 3.05) is 12.4 Å². The number of ether oxygens (including phenoxy) is 2. The maximum Gasteiger partial charge on any atom is 0.331 e. The molecule has 0 bridgehead atoms. The van der Waals surface area contributed by atoms with Gasteiger partial charge in [0, 0.05) is 24.3 Å². The summed E-state index contributed by atoms with van der Waals surface area (Å²) >= 11 is 0. The zero-order chi connectivity index (χ0) is 22.4. The highest BCUT2D eigenvalue weighted by atomic mass is 16.5. The highest BCUT2D eigenvalue weighted by Gasteiger charge is 2.18. The zero-order valence-electron chi connectivity index (χ0n) is 17.5. The molecule has 31 heavy (non-hydrogen) atoms. The number of methoxy groups -OCH3 is 1. The summed E-state index contributed by atoms with van der Waals surface area (Å²) < 4.78 is 10.5. The summed E-state index contributed by atoms with van der Waals surface area (Å²) in [6.45, 7) is 2.93. The fraction of sp³-hybridized carbons (Fsp3) is 0.160. The number of benzene rings is 3. The van der Waals surface area contributed by atoms with E-state index in [4.69, 9.17) is 9.47 Å². The van der Waals surface area contributed by atoms with E-state index in [1.165, 1.54) is 19.9 Å². The molecule has 6 heteroatoms. The zero-order valence-corrected chi connectivity index (χ0v) is 17.5. The molecule has 0 aliphatic rings. The van der Waals surface area contributed by atoms with Crippen molar-refractivity contribution >= 4 is 40.2 Å². The molecule has 3 aromatic carbocycles. The van der Waals surface area contributed by atoms with Gasteiger partial charge in [-0.3, -0.25) is 9.59 Å². The van der Waals surface area contributed by atoms with Crippen molar-refractivity contribution in [2.24, 2.45) is 0 Å². The number of carbonyl (C=O) groups excluding carboxylic acids is 3. The molecule has 1 atom stereocenters. The predicted molar refractivity (Wildman–Crippen MR) is 120 cm³/mol. The number of rotatable bonds is 7. The van der Waals surface area contributed by atoms with E-state index in [0.29, 0.717) is 11.3 Å². The Hall–Kier alpha value is -3.93. The van der Waals surface area contributed by atoms with Gasteiger partial charge in [-0.25, -0.2) is 4.79 Å². The van der Waals surface area contributed by atoms with Crippen molar-refractivity contribution in [3.63, 3.8) is 0 Å². The van der Waals surface area contributed by atoms with Gasteiger partial charge in [0.1, 0.15) is 5.75 Å². The number of carbonyl (C=O) groups is 3. The topological polar surface area (TPSA) is 81.7 Å². The lowest BCUT2D eigenvalue weighted by atomic mass is 10.1.